The Hall–Kier alpha value is -2.67. The number of esters is 1. The van der Waals surface area contributed by atoms with E-state index in [9.17, 15) is 9.59 Å². The number of carbonyl (C=O) groups is 2. The average molecular weight is 392 g/mol. The zero-order valence-corrected chi connectivity index (χ0v) is 16.5. The van der Waals surface area contributed by atoms with E-state index in [0.29, 0.717) is 22.0 Å². The Morgan fingerprint density at radius 3 is 2.41 bits per heavy atom. The molecule has 0 fully saturated rings. The Morgan fingerprint density at radius 2 is 1.81 bits per heavy atom. The van der Waals surface area contributed by atoms with Crippen LogP contribution in [0.4, 0.5) is 4.79 Å². The van der Waals surface area contributed by atoms with Crippen LogP contribution in [0.15, 0.2) is 36.7 Å². The Morgan fingerprint density at radius 1 is 1.15 bits per heavy atom. The molecule has 0 aliphatic heterocycles. The predicted molar refractivity (Wildman–Crippen MR) is 101 cm³/mol. The van der Waals surface area contributed by atoms with Gasteiger partial charge >= 0.3 is 12.1 Å². The fraction of sp³-hybridized carbons (Fsp3) is 0.368. The van der Waals surface area contributed by atoms with Crippen molar-refractivity contribution in [3.05, 3.63) is 47.2 Å². The van der Waals surface area contributed by atoms with Gasteiger partial charge in [-0.1, -0.05) is 11.6 Å². The lowest BCUT2D eigenvalue weighted by molar-refractivity contribution is -0.142. The zero-order valence-electron chi connectivity index (χ0n) is 15.7. The van der Waals surface area contributed by atoms with E-state index in [1.165, 1.54) is 12.0 Å². The molecule has 0 N–H and O–H groups in total. The standard InChI is InChI=1S/C19H22ClN3O4/c1-19(2,3)27-18(25)23(12-16(24)26-4)11-13-8-14(10-15(20)9-13)17-21-6-5-7-22-17/h5-10H,11-12H2,1-4H3. The number of nitrogens with zero attached hydrogens (tertiary/aromatic N) is 3. The van der Waals surface area contributed by atoms with Gasteiger partial charge in [0.15, 0.2) is 5.82 Å². The second-order valence-electron chi connectivity index (χ2n) is 6.83. The Bertz CT molecular complexity index is 806. The van der Waals surface area contributed by atoms with Crippen LogP contribution in [-0.4, -0.2) is 46.2 Å². The number of amides is 1. The average Bonchev–Trinajstić information content (AvgIpc) is 2.59. The molecular weight excluding hydrogens is 370 g/mol. The molecule has 27 heavy (non-hydrogen) atoms. The van der Waals surface area contributed by atoms with Crippen molar-refractivity contribution in [3.63, 3.8) is 0 Å². The molecular formula is C19H22ClN3O4. The maximum Gasteiger partial charge on any atom is 0.411 e. The second kappa shape index (κ2) is 8.81. The van der Waals surface area contributed by atoms with Gasteiger partial charge in [-0.2, -0.15) is 0 Å². The molecule has 2 aromatic rings. The number of methoxy groups -OCH3 is 1. The van der Waals surface area contributed by atoms with Crippen molar-refractivity contribution in [3.8, 4) is 11.4 Å². The second-order valence-corrected chi connectivity index (χ2v) is 7.27. The maximum atomic E-state index is 12.5. The summed E-state index contributed by atoms with van der Waals surface area (Å²) >= 11 is 6.22. The molecule has 2 rings (SSSR count). The van der Waals surface area contributed by atoms with Gasteiger partial charge in [0, 0.05) is 29.5 Å². The van der Waals surface area contributed by atoms with Gasteiger partial charge in [0.05, 0.1) is 7.11 Å². The molecule has 0 aliphatic rings. The van der Waals surface area contributed by atoms with Crippen molar-refractivity contribution in [2.24, 2.45) is 0 Å². The fourth-order valence-corrected chi connectivity index (χ4v) is 2.53. The number of carbonyl (C=O) groups excluding carboxylic acids is 2. The summed E-state index contributed by atoms with van der Waals surface area (Å²) in [6.45, 7) is 5.14. The molecule has 0 spiro atoms. The minimum atomic E-state index is -0.692. The normalized spacial score (nSPS) is 11.0. The van der Waals surface area contributed by atoms with Crippen LogP contribution in [0.1, 0.15) is 26.3 Å². The van der Waals surface area contributed by atoms with Crippen LogP contribution in [0.3, 0.4) is 0 Å². The smallest absolute Gasteiger partial charge is 0.411 e. The number of ether oxygens (including phenoxy) is 2. The summed E-state index contributed by atoms with van der Waals surface area (Å²) in [5.74, 6) is -0.0347. The number of rotatable bonds is 5. The van der Waals surface area contributed by atoms with Crippen molar-refractivity contribution in [1.29, 1.82) is 0 Å². The van der Waals surface area contributed by atoms with E-state index < -0.39 is 17.7 Å². The summed E-state index contributed by atoms with van der Waals surface area (Å²) in [4.78, 5) is 33.9. The number of benzene rings is 1. The third-order valence-corrected chi connectivity index (χ3v) is 3.57. The number of aromatic nitrogens is 2. The zero-order chi connectivity index (χ0) is 20.0. The van der Waals surface area contributed by atoms with Crippen molar-refractivity contribution in [2.45, 2.75) is 32.9 Å². The molecule has 144 valence electrons. The summed E-state index contributed by atoms with van der Waals surface area (Å²) in [6, 6.07) is 6.98. The van der Waals surface area contributed by atoms with Crippen LogP contribution in [-0.2, 0) is 20.8 Å². The lowest BCUT2D eigenvalue weighted by Crippen LogP contribution is -2.39. The van der Waals surface area contributed by atoms with E-state index in [2.05, 4.69) is 14.7 Å². The lowest BCUT2D eigenvalue weighted by Gasteiger charge is -2.27. The molecule has 1 aromatic heterocycles. The molecule has 1 heterocycles. The monoisotopic (exact) mass is 391 g/mol. The van der Waals surface area contributed by atoms with Crippen LogP contribution in [0.25, 0.3) is 11.4 Å². The molecule has 0 atom stereocenters. The summed E-state index contributed by atoms with van der Waals surface area (Å²) in [7, 11) is 1.26. The van der Waals surface area contributed by atoms with Crippen molar-refractivity contribution < 1.29 is 19.1 Å². The third-order valence-electron chi connectivity index (χ3n) is 3.35. The summed E-state index contributed by atoms with van der Waals surface area (Å²) < 4.78 is 10.1. The largest absolute Gasteiger partial charge is 0.468 e. The van der Waals surface area contributed by atoms with Gasteiger partial charge in [0.2, 0.25) is 0 Å². The van der Waals surface area contributed by atoms with Gasteiger partial charge < -0.3 is 9.47 Å². The highest BCUT2D eigenvalue weighted by Gasteiger charge is 2.24. The molecule has 8 heteroatoms. The topological polar surface area (TPSA) is 81.6 Å². The van der Waals surface area contributed by atoms with Crippen molar-refractivity contribution in [2.75, 3.05) is 13.7 Å². The van der Waals surface area contributed by atoms with Crippen LogP contribution in [0, 0.1) is 0 Å². The molecule has 0 bridgehead atoms. The van der Waals surface area contributed by atoms with E-state index in [4.69, 9.17) is 16.3 Å². The summed E-state index contributed by atoms with van der Waals surface area (Å²) in [6.07, 6.45) is 2.64. The summed E-state index contributed by atoms with van der Waals surface area (Å²) in [5, 5.41) is 0.470. The first-order chi connectivity index (χ1) is 12.7. The van der Waals surface area contributed by atoms with E-state index >= 15 is 0 Å². The maximum absolute atomic E-state index is 12.5. The first kappa shape index (κ1) is 20.6. The highest BCUT2D eigenvalue weighted by molar-refractivity contribution is 6.30. The van der Waals surface area contributed by atoms with Crippen molar-refractivity contribution >= 4 is 23.7 Å². The first-order valence-corrected chi connectivity index (χ1v) is 8.67. The van der Waals surface area contributed by atoms with Crippen LogP contribution in [0.2, 0.25) is 5.02 Å². The van der Waals surface area contributed by atoms with E-state index in [-0.39, 0.29) is 13.1 Å². The number of hydrogen-bond donors (Lipinski definition) is 0. The van der Waals surface area contributed by atoms with Gasteiger partial charge in [-0.3, -0.25) is 9.69 Å². The van der Waals surface area contributed by atoms with Crippen LogP contribution in [0.5, 0.6) is 0 Å². The SMILES string of the molecule is COC(=O)CN(Cc1cc(Cl)cc(-c2ncccn2)c1)C(=O)OC(C)(C)C. The first-order valence-electron chi connectivity index (χ1n) is 8.29. The van der Waals surface area contributed by atoms with Crippen molar-refractivity contribution in [1.82, 2.24) is 14.9 Å². The highest BCUT2D eigenvalue weighted by atomic mass is 35.5. The molecule has 0 aliphatic carbocycles. The van der Waals surface area contributed by atoms with E-state index in [1.54, 1.807) is 51.4 Å². The number of halogens is 1. The van der Waals surface area contributed by atoms with Crippen LogP contribution < -0.4 is 0 Å². The number of hydrogen-bond acceptors (Lipinski definition) is 6. The van der Waals surface area contributed by atoms with E-state index in [1.807, 2.05) is 6.07 Å². The molecule has 7 nitrogen and oxygen atoms in total. The van der Waals surface area contributed by atoms with E-state index in [0.717, 1.165) is 0 Å². The Labute approximate surface area is 163 Å². The Kier molecular flexibility index (Phi) is 6.74. The predicted octanol–water partition coefficient (Wildman–Crippen LogP) is 3.71. The molecule has 0 unspecified atom stereocenters. The highest BCUT2D eigenvalue weighted by Crippen LogP contribution is 2.23. The Balaban J connectivity index is 2.29. The van der Waals surface area contributed by atoms with Gasteiger partial charge in [-0.05, 0) is 50.6 Å². The molecule has 1 amide bonds. The third kappa shape index (κ3) is 6.53. The molecule has 1 aromatic carbocycles. The van der Waals surface area contributed by atoms with Crippen LogP contribution >= 0.6 is 11.6 Å². The minimum Gasteiger partial charge on any atom is -0.468 e. The van der Waals surface area contributed by atoms with Gasteiger partial charge in [-0.25, -0.2) is 14.8 Å². The lowest BCUT2D eigenvalue weighted by atomic mass is 10.1. The molecule has 0 saturated carbocycles. The molecule has 0 radical (unpaired) electrons. The fourth-order valence-electron chi connectivity index (χ4n) is 2.27. The summed E-state index contributed by atoms with van der Waals surface area (Å²) in [5.41, 5.74) is 0.725. The quantitative estimate of drug-likeness (QED) is 0.722. The van der Waals surface area contributed by atoms with Gasteiger partial charge in [0.25, 0.3) is 0 Å². The minimum absolute atomic E-state index is 0.115. The van der Waals surface area contributed by atoms with Gasteiger partial charge in [-0.15, -0.1) is 0 Å². The molecule has 0 saturated heterocycles. The van der Waals surface area contributed by atoms with Gasteiger partial charge in [0.1, 0.15) is 12.1 Å².